The van der Waals surface area contributed by atoms with Crippen molar-refractivity contribution in [1.29, 1.82) is 0 Å². The molecule has 1 aliphatic rings. The SMILES string of the molecule is CCNC(CN1CCCC(C)CC1)C(C)CC. The molecule has 3 atom stereocenters. The van der Waals surface area contributed by atoms with Crippen molar-refractivity contribution in [3.05, 3.63) is 0 Å². The molecule has 2 heteroatoms. The van der Waals surface area contributed by atoms with Gasteiger partial charge in [-0.1, -0.05) is 34.1 Å². The minimum Gasteiger partial charge on any atom is -0.313 e. The van der Waals surface area contributed by atoms with E-state index >= 15 is 0 Å². The minimum atomic E-state index is 0.679. The van der Waals surface area contributed by atoms with E-state index in [2.05, 4.69) is 37.9 Å². The molecule has 0 radical (unpaired) electrons. The molecule has 1 heterocycles. The molecule has 0 amide bonds. The maximum absolute atomic E-state index is 3.67. The molecule has 0 bridgehead atoms. The van der Waals surface area contributed by atoms with Crippen LogP contribution >= 0.6 is 0 Å². The van der Waals surface area contributed by atoms with Gasteiger partial charge in [-0.3, -0.25) is 0 Å². The molecular weight excluding hydrogens is 208 g/mol. The standard InChI is InChI=1S/C15H32N2/c1-5-14(4)15(16-6-2)12-17-10-7-8-13(3)9-11-17/h13-16H,5-12H2,1-4H3. The second-order valence-electron chi connectivity index (χ2n) is 5.89. The monoisotopic (exact) mass is 240 g/mol. The van der Waals surface area contributed by atoms with E-state index < -0.39 is 0 Å². The fourth-order valence-corrected chi connectivity index (χ4v) is 2.78. The Morgan fingerprint density at radius 2 is 2.00 bits per heavy atom. The first-order valence-corrected chi connectivity index (χ1v) is 7.63. The van der Waals surface area contributed by atoms with Crippen molar-refractivity contribution in [1.82, 2.24) is 10.2 Å². The second kappa shape index (κ2) is 8.10. The van der Waals surface area contributed by atoms with Gasteiger partial charge in [0, 0.05) is 12.6 Å². The summed E-state index contributed by atoms with van der Waals surface area (Å²) in [4.78, 5) is 2.68. The molecule has 1 N–H and O–H groups in total. The van der Waals surface area contributed by atoms with Crippen molar-refractivity contribution in [3.8, 4) is 0 Å². The highest BCUT2D eigenvalue weighted by Crippen LogP contribution is 2.18. The molecule has 1 fully saturated rings. The first-order chi connectivity index (χ1) is 8.17. The molecule has 2 nitrogen and oxygen atoms in total. The Kier molecular flexibility index (Phi) is 7.14. The Bertz CT molecular complexity index is 193. The van der Waals surface area contributed by atoms with Crippen LogP contribution in [0.2, 0.25) is 0 Å². The molecule has 1 aliphatic heterocycles. The highest BCUT2D eigenvalue weighted by Gasteiger charge is 2.20. The Labute approximate surface area is 108 Å². The normalized spacial score (nSPS) is 26.5. The van der Waals surface area contributed by atoms with E-state index in [0.717, 1.165) is 18.4 Å². The average Bonchev–Trinajstić information content (AvgIpc) is 2.53. The van der Waals surface area contributed by atoms with Crippen LogP contribution in [0.3, 0.4) is 0 Å². The Morgan fingerprint density at radius 1 is 1.24 bits per heavy atom. The van der Waals surface area contributed by atoms with Crippen molar-refractivity contribution in [2.45, 2.75) is 59.4 Å². The van der Waals surface area contributed by atoms with Gasteiger partial charge in [-0.15, -0.1) is 0 Å². The summed E-state index contributed by atoms with van der Waals surface area (Å²) in [5.74, 6) is 1.72. The van der Waals surface area contributed by atoms with Crippen molar-refractivity contribution in [3.63, 3.8) is 0 Å². The van der Waals surface area contributed by atoms with Crippen molar-refractivity contribution < 1.29 is 0 Å². The maximum atomic E-state index is 3.67. The predicted molar refractivity (Wildman–Crippen MR) is 76.4 cm³/mol. The summed E-state index contributed by atoms with van der Waals surface area (Å²) in [6, 6.07) is 0.679. The zero-order valence-electron chi connectivity index (χ0n) is 12.3. The third-order valence-corrected chi connectivity index (χ3v) is 4.36. The van der Waals surface area contributed by atoms with Gasteiger partial charge < -0.3 is 10.2 Å². The minimum absolute atomic E-state index is 0.679. The van der Waals surface area contributed by atoms with Crippen molar-refractivity contribution in [2.24, 2.45) is 11.8 Å². The highest BCUT2D eigenvalue weighted by molar-refractivity contribution is 4.78. The third-order valence-electron chi connectivity index (χ3n) is 4.36. The first kappa shape index (κ1) is 15.0. The maximum Gasteiger partial charge on any atom is 0.0220 e. The molecule has 17 heavy (non-hydrogen) atoms. The van der Waals surface area contributed by atoms with Crippen LogP contribution in [0.15, 0.2) is 0 Å². The average molecular weight is 240 g/mol. The Hall–Kier alpha value is -0.0800. The van der Waals surface area contributed by atoms with E-state index in [4.69, 9.17) is 0 Å². The van der Waals surface area contributed by atoms with E-state index in [0.29, 0.717) is 6.04 Å². The molecule has 102 valence electrons. The van der Waals surface area contributed by atoms with Crippen LogP contribution in [0, 0.1) is 11.8 Å². The van der Waals surface area contributed by atoms with Crippen molar-refractivity contribution in [2.75, 3.05) is 26.2 Å². The van der Waals surface area contributed by atoms with Gasteiger partial charge in [0.1, 0.15) is 0 Å². The van der Waals surface area contributed by atoms with Gasteiger partial charge in [-0.25, -0.2) is 0 Å². The van der Waals surface area contributed by atoms with E-state index in [1.807, 2.05) is 0 Å². The fourth-order valence-electron chi connectivity index (χ4n) is 2.78. The van der Waals surface area contributed by atoms with E-state index in [9.17, 15) is 0 Å². The van der Waals surface area contributed by atoms with E-state index in [-0.39, 0.29) is 0 Å². The summed E-state index contributed by atoms with van der Waals surface area (Å²) in [6.45, 7) is 14.3. The van der Waals surface area contributed by atoms with Crippen LogP contribution in [-0.2, 0) is 0 Å². The molecule has 0 aromatic heterocycles. The Morgan fingerprint density at radius 3 is 2.65 bits per heavy atom. The molecule has 1 saturated heterocycles. The zero-order chi connectivity index (χ0) is 12.7. The van der Waals surface area contributed by atoms with Gasteiger partial charge in [0.15, 0.2) is 0 Å². The lowest BCUT2D eigenvalue weighted by Crippen LogP contribution is -2.45. The predicted octanol–water partition coefficient (Wildman–Crippen LogP) is 3.13. The smallest absolute Gasteiger partial charge is 0.0220 e. The van der Waals surface area contributed by atoms with Gasteiger partial charge in [-0.2, -0.15) is 0 Å². The van der Waals surface area contributed by atoms with Crippen LogP contribution in [0.1, 0.15) is 53.4 Å². The van der Waals surface area contributed by atoms with Crippen LogP contribution in [-0.4, -0.2) is 37.1 Å². The molecule has 0 saturated carbocycles. The quantitative estimate of drug-likeness (QED) is 0.767. The molecule has 3 unspecified atom stereocenters. The summed E-state index contributed by atoms with van der Waals surface area (Å²) in [5.41, 5.74) is 0. The topological polar surface area (TPSA) is 15.3 Å². The summed E-state index contributed by atoms with van der Waals surface area (Å²) in [5, 5.41) is 3.67. The molecule has 0 aromatic rings. The van der Waals surface area contributed by atoms with Crippen molar-refractivity contribution >= 4 is 0 Å². The number of likely N-dealkylation sites (N-methyl/N-ethyl adjacent to an activating group) is 1. The lowest BCUT2D eigenvalue weighted by Gasteiger charge is -2.30. The fraction of sp³-hybridized carbons (Fsp3) is 1.00. The molecular formula is C15H32N2. The zero-order valence-corrected chi connectivity index (χ0v) is 12.3. The summed E-state index contributed by atoms with van der Waals surface area (Å²) < 4.78 is 0. The Balaban J connectivity index is 2.42. The first-order valence-electron chi connectivity index (χ1n) is 7.63. The van der Waals surface area contributed by atoms with Gasteiger partial charge in [0.05, 0.1) is 0 Å². The molecule has 0 spiro atoms. The van der Waals surface area contributed by atoms with E-state index in [1.165, 1.54) is 45.3 Å². The molecule has 0 aromatic carbocycles. The van der Waals surface area contributed by atoms with Crippen LogP contribution in [0.4, 0.5) is 0 Å². The largest absolute Gasteiger partial charge is 0.313 e. The van der Waals surface area contributed by atoms with E-state index in [1.54, 1.807) is 0 Å². The lowest BCUT2D eigenvalue weighted by atomic mass is 9.98. The number of hydrogen-bond donors (Lipinski definition) is 1. The van der Waals surface area contributed by atoms with Gasteiger partial charge in [-0.05, 0) is 50.7 Å². The number of likely N-dealkylation sites (tertiary alicyclic amines) is 1. The number of hydrogen-bond acceptors (Lipinski definition) is 2. The van der Waals surface area contributed by atoms with Gasteiger partial charge in [0.25, 0.3) is 0 Å². The second-order valence-corrected chi connectivity index (χ2v) is 5.89. The lowest BCUT2D eigenvalue weighted by molar-refractivity contribution is 0.216. The number of rotatable bonds is 6. The van der Waals surface area contributed by atoms with Crippen LogP contribution in [0.25, 0.3) is 0 Å². The van der Waals surface area contributed by atoms with Gasteiger partial charge >= 0.3 is 0 Å². The van der Waals surface area contributed by atoms with Gasteiger partial charge in [0.2, 0.25) is 0 Å². The number of nitrogens with one attached hydrogen (secondary N) is 1. The summed E-state index contributed by atoms with van der Waals surface area (Å²) >= 11 is 0. The van der Waals surface area contributed by atoms with Crippen LogP contribution < -0.4 is 5.32 Å². The summed E-state index contributed by atoms with van der Waals surface area (Å²) in [7, 11) is 0. The summed E-state index contributed by atoms with van der Waals surface area (Å²) in [6.07, 6.45) is 5.48. The number of nitrogens with zero attached hydrogens (tertiary/aromatic N) is 1. The molecule has 1 rings (SSSR count). The van der Waals surface area contributed by atoms with Crippen LogP contribution in [0.5, 0.6) is 0 Å². The third kappa shape index (κ3) is 5.39. The highest BCUT2D eigenvalue weighted by atomic mass is 15.1. The molecule has 0 aliphatic carbocycles.